The van der Waals surface area contributed by atoms with Crippen molar-refractivity contribution < 1.29 is 14.4 Å². The fraction of sp³-hybridized carbons (Fsp3) is 0.667. The number of hydroxylamine groups is 2. The maximum atomic E-state index is 10.9. The van der Waals surface area contributed by atoms with Gasteiger partial charge in [-0.3, -0.25) is 14.4 Å². The number of hydrogen-bond donors (Lipinski definition) is 0. The first kappa shape index (κ1) is 7.21. The van der Waals surface area contributed by atoms with Crippen molar-refractivity contribution in [1.29, 1.82) is 0 Å². The third-order valence-corrected chi connectivity index (χ3v) is 1.51. The zero-order chi connectivity index (χ0) is 7.72. The molecule has 0 aromatic carbocycles. The van der Waals surface area contributed by atoms with Gasteiger partial charge >= 0.3 is 0 Å². The molecule has 4 heteroatoms. The van der Waals surface area contributed by atoms with Crippen LogP contribution in [-0.4, -0.2) is 24.0 Å². The van der Waals surface area contributed by atoms with Crippen molar-refractivity contribution in [3.8, 4) is 0 Å². The number of nitrogens with zero attached hydrogens (tertiary/aromatic N) is 1. The van der Waals surface area contributed by atoms with Crippen molar-refractivity contribution in [3.05, 3.63) is 0 Å². The molecule has 0 aromatic heterocycles. The summed E-state index contributed by atoms with van der Waals surface area (Å²) in [5.41, 5.74) is 0. The number of carbonyl (C=O) groups is 2. The summed E-state index contributed by atoms with van der Waals surface area (Å²) in [4.78, 5) is 26.3. The molecule has 1 atom stereocenters. The van der Waals surface area contributed by atoms with E-state index in [-0.39, 0.29) is 24.2 Å². The SMILES string of the molecule is CON1C(=O)CC(C)C1=O. The summed E-state index contributed by atoms with van der Waals surface area (Å²) in [5, 5.41) is 0.810. The molecule has 10 heavy (non-hydrogen) atoms. The Kier molecular flexibility index (Phi) is 1.72. The van der Waals surface area contributed by atoms with Gasteiger partial charge in [0.2, 0.25) is 0 Å². The Labute approximate surface area is 58.7 Å². The van der Waals surface area contributed by atoms with Crippen molar-refractivity contribution in [3.63, 3.8) is 0 Å². The molecule has 0 spiro atoms. The molecule has 1 fully saturated rings. The number of rotatable bonds is 1. The van der Waals surface area contributed by atoms with Crippen molar-refractivity contribution in [2.75, 3.05) is 7.11 Å². The monoisotopic (exact) mass is 143 g/mol. The van der Waals surface area contributed by atoms with Crippen molar-refractivity contribution in [1.82, 2.24) is 5.06 Å². The average molecular weight is 143 g/mol. The predicted octanol–water partition coefficient (Wildman–Crippen LogP) is -0.0572. The highest BCUT2D eigenvalue weighted by molar-refractivity contribution is 6.02. The van der Waals surface area contributed by atoms with Crippen LogP contribution >= 0.6 is 0 Å². The van der Waals surface area contributed by atoms with E-state index in [4.69, 9.17) is 0 Å². The molecule has 1 rings (SSSR count). The Morgan fingerprint density at radius 3 is 2.40 bits per heavy atom. The Morgan fingerprint density at radius 2 is 2.20 bits per heavy atom. The Hall–Kier alpha value is -0.900. The van der Waals surface area contributed by atoms with Crippen LogP contribution in [0, 0.1) is 5.92 Å². The van der Waals surface area contributed by atoms with Gasteiger partial charge in [0.05, 0.1) is 7.11 Å². The molecule has 1 aliphatic heterocycles. The molecule has 0 aromatic rings. The summed E-state index contributed by atoms with van der Waals surface area (Å²) in [6.45, 7) is 1.71. The van der Waals surface area contributed by atoms with Gasteiger partial charge < -0.3 is 0 Å². The molecule has 1 saturated heterocycles. The van der Waals surface area contributed by atoms with Crippen LogP contribution in [0.5, 0.6) is 0 Å². The van der Waals surface area contributed by atoms with E-state index in [0.29, 0.717) is 0 Å². The zero-order valence-electron chi connectivity index (χ0n) is 5.96. The number of amides is 2. The Bertz CT molecular complexity index is 178. The molecule has 0 bridgehead atoms. The quantitative estimate of drug-likeness (QED) is 0.483. The minimum Gasteiger partial charge on any atom is -0.272 e. The molecule has 0 N–H and O–H groups in total. The van der Waals surface area contributed by atoms with Gasteiger partial charge in [0.1, 0.15) is 0 Å². The number of hydrogen-bond acceptors (Lipinski definition) is 3. The first-order chi connectivity index (χ1) is 4.66. The van der Waals surface area contributed by atoms with Gasteiger partial charge in [0.15, 0.2) is 0 Å². The highest BCUT2D eigenvalue weighted by Crippen LogP contribution is 2.17. The molecular weight excluding hydrogens is 134 g/mol. The Balaban J connectivity index is 2.74. The topological polar surface area (TPSA) is 46.6 Å². The second-order valence-electron chi connectivity index (χ2n) is 2.31. The van der Waals surface area contributed by atoms with E-state index in [1.54, 1.807) is 6.92 Å². The summed E-state index contributed by atoms with van der Waals surface area (Å²) in [6, 6.07) is 0. The fourth-order valence-electron chi connectivity index (χ4n) is 0.947. The maximum absolute atomic E-state index is 10.9. The van der Waals surface area contributed by atoms with E-state index in [9.17, 15) is 9.59 Å². The lowest BCUT2D eigenvalue weighted by atomic mass is 10.1. The van der Waals surface area contributed by atoms with Crippen molar-refractivity contribution in [2.24, 2.45) is 5.92 Å². The Morgan fingerprint density at radius 1 is 1.60 bits per heavy atom. The summed E-state index contributed by atoms with van der Waals surface area (Å²) < 4.78 is 0. The van der Waals surface area contributed by atoms with Crippen LogP contribution in [0.4, 0.5) is 0 Å². The average Bonchev–Trinajstić information content (AvgIpc) is 2.09. The third kappa shape index (κ3) is 0.903. The van der Waals surface area contributed by atoms with E-state index >= 15 is 0 Å². The molecule has 1 heterocycles. The molecule has 56 valence electrons. The van der Waals surface area contributed by atoms with Crippen LogP contribution in [-0.2, 0) is 14.4 Å². The zero-order valence-corrected chi connectivity index (χ0v) is 5.96. The van der Waals surface area contributed by atoms with Gasteiger partial charge in [-0.25, -0.2) is 0 Å². The van der Waals surface area contributed by atoms with E-state index in [1.807, 2.05) is 0 Å². The van der Waals surface area contributed by atoms with Crippen LogP contribution in [0.2, 0.25) is 0 Å². The summed E-state index contributed by atoms with van der Waals surface area (Å²) in [5.74, 6) is -0.708. The van der Waals surface area contributed by atoms with Gasteiger partial charge in [0.25, 0.3) is 11.8 Å². The standard InChI is InChI=1S/C6H9NO3/c1-4-3-5(8)7(10-2)6(4)9/h4H,3H2,1-2H3. The molecule has 4 nitrogen and oxygen atoms in total. The van der Waals surface area contributed by atoms with Gasteiger partial charge in [-0.1, -0.05) is 6.92 Å². The lowest BCUT2D eigenvalue weighted by Gasteiger charge is -2.08. The maximum Gasteiger partial charge on any atom is 0.256 e. The van der Waals surface area contributed by atoms with Gasteiger partial charge in [0, 0.05) is 12.3 Å². The summed E-state index contributed by atoms with van der Waals surface area (Å²) in [6.07, 6.45) is 0.271. The molecule has 0 saturated carbocycles. The first-order valence-electron chi connectivity index (χ1n) is 3.07. The highest BCUT2D eigenvalue weighted by atomic mass is 16.7. The minimum atomic E-state index is -0.250. The van der Waals surface area contributed by atoms with Crippen LogP contribution in [0.3, 0.4) is 0 Å². The number of carbonyl (C=O) groups excluding carboxylic acids is 2. The minimum absolute atomic E-state index is 0.215. The second kappa shape index (κ2) is 2.38. The third-order valence-electron chi connectivity index (χ3n) is 1.51. The molecular formula is C6H9NO3. The second-order valence-corrected chi connectivity index (χ2v) is 2.31. The number of imide groups is 1. The molecule has 0 radical (unpaired) electrons. The van der Waals surface area contributed by atoms with Crippen LogP contribution in [0.1, 0.15) is 13.3 Å². The predicted molar refractivity (Wildman–Crippen MR) is 32.6 cm³/mol. The fourth-order valence-corrected chi connectivity index (χ4v) is 0.947. The highest BCUT2D eigenvalue weighted by Gasteiger charge is 2.35. The largest absolute Gasteiger partial charge is 0.272 e. The molecule has 1 aliphatic rings. The van der Waals surface area contributed by atoms with E-state index < -0.39 is 0 Å². The smallest absolute Gasteiger partial charge is 0.256 e. The van der Waals surface area contributed by atoms with E-state index in [0.717, 1.165) is 5.06 Å². The van der Waals surface area contributed by atoms with Crippen LogP contribution < -0.4 is 0 Å². The lowest BCUT2D eigenvalue weighted by Crippen LogP contribution is -2.28. The van der Waals surface area contributed by atoms with Gasteiger partial charge in [-0.2, -0.15) is 5.06 Å². The molecule has 2 amide bonds. The van der Waals surface area contributed by atoms with Gasteiger partial charge in [-0.15, -0.1) is 0 Å². The summed E-state index contributed by atoms with van der Waals surface area (Å²) in [7, 11) is 1.31. The normalized spacial score (nSPS) is 26.2. The van der Waals surface area contributed by atoms with Crippen molar-refractivity contribution >= 4 is 11.8 Å². The molecule has 1 unspecified atom stereocenters. The van der Waals surface area contributed by atoms with Crippen LogP contribution in [0.25, 0.3) is 0 Å². The van der Waals surface area contributed by atoms with E-state index in [1.165, 1.54) is 7.11 Å². The first-order valence-corrected chi connectivity index (χ1v) is 3.07. The summed E-state index contributed by atoms with van der Waals surface area (Å²) >= 11 is 0. The van der Waals surface area contributed by atoms with E-state index in [2.05, 4.69) is 4.84 Å². The lowest BCUT2D eigenvalue weighted by molar-refractivity contribution is -0.180. The van der Waals surface area contributed by atoms with Crippen LogP contribution in [0.15, 0.2) is 0 Å². The van der Waals surface area contributed by atoms with Gasteiger partial charge in [-0.05, 0) is 0 Å². The molecule has 0 aliphatic carbocycles. The van der Waals surface area contributed by atoms with Crippen molar-refractivity contribution in [2.45, 2.75) is 13.3 Å².